The Bertz CT molecular complexity index is 491. The van der Waals surface area contributed by atoms with Crippen LogP contribution in [0.2, 0.25) is 0 Å². The van der Waals surface area contributed by atoms with Crippen LogP contribution in [0.4, 0.5) is 8.78 Å². The molecule has 0 heterocycles. The molecule has 1 rings (SSSR count). The average molecular weight is 271 g/mol. The SMILES string of the molecule is CC(CN(C)C(=O)Cc1ccc(F)cc1F)C(=O)O. The van der Waals surface area contributed by atoms with Gasteiger partial charge in [0.15, 0.2) is 0 Å². The zero-order chi connectivity index (χ0) is 14.6. The lowest BCUT2D eigenvalue weighted by Gasteiger charge is -2.19. The Balaban J connectivity index is 2.66. The standard InChI is InChI=1S/C13H15F2NO3/c1-8(13(18)19)7-16(2)12(17)5-9-3-4-10(14)6-11(9)15/h3-4,6,8H,5,7H2,1-2H3,(H,18,19). The van der Waals surface area contributed by atoms with Crippen molar-refractivity contribution < 1.29 is 23.5 Å². The molecule has 0 aliphatic carbocycles. The van der Waals surface area contributed by atoms with Crippen LogP contribution in [-0.4, -0.2) is 35.5 Å². The van der Waals surface area contributed by atoms with Crippen LogP contribution < -0.4 is 0 Å². The average Bonchev–Trinajstić information content (AvgIpc) is 2.32. The summed E-state index contributed by atoms with van der Waals surface area (Å²) in [6.45, 7) is 1.52. The first-order valence-corrected chi connectivity index (χ1v) is 5.72. The van der Waals surface area contributed by atoms with Crippen LogP contribution in [0, 0.1) is 17.6 Å². The summed E-state index contributed by atoms with van der Waals surface area (Å²) in [6, 6.07) is 2.99. The Morgan fingerprint density at radius 3 is 2.53 bits per heavy atom. The summed E-state index contributed by atoms with van der Waals surface area (Å²) in [5, 5.41) is 8.74. The minimum absolute atomic E-state index is 0.0387. The van der Waals surface area contributed by atoms with Crippen molar-refractivity contribution in [1.29, 1.82) is 0 Å². The minimum Gasteiger partial charge on any atom is -0.481 e. The number of hydrogen-bond donors (Lipinski definition) is 1. The molecule has 19 heavy (non-hydrogen) atoms. The van der Waals surface area contributed by atoms with Gasteiger partial charge in [-0.25, -0.2) is 8.78 Å². The molecular weight excluding hydrogens is 256 g/mol. The molecule has 0 fully saturated rings. The first-order chi connectivity index (χ1) is 8.81. The summed E-state index contributed by atoms with van der Waals surface area (Å²) in [7, 11) is 1.45. The lowest BCUT2D eigenvalue weighted by molar-refractivity contribution is -0.142. The molecule has 0 aromatic heterocycles. The van der Waals surface area contributed by atoms with E-state index in [4.69, 9.17) is 5.11 Å². The van der Waals surface area contributed by atoms with Crippen LogP contribution in [0.3, 0.4) is 0 Å². The van der Waals surface area contributed by atoms with Crippen molar-refractivity contribution in [3.63, 3.8) is 0 Å². The Hall–Kier alpha value is -1.98. The van der Waals surface area contributed by atoms with Crippen molar-refractivity contribution in [2.24, 2.45) is 5.92 Å². The van der Waals surface area contributed by atoms with Crippen molar-refractivity contribution in [2.45, 2.75) is 13.3 Å². The third-order valence-corrected chi connectivity index (χ3v) is 2.75. The van der Waals surface area contributed by atoms with Gasteiger partial charge in [0.1, 0.15) is 11.6 Å². The first-order valence-electron chi connectivity index (χ1n) is 5.72. The van der Waals surface area contributed by atoms with Crippen LogP contribution >= 0.6 is 0 Å². The van der Waals surface area contributed by atoms with Gasteiger partial charge in [-0.05, 0) is 11.6 Å². The van der Waals surface area contributed by atoms with Crippen molar-refractivity contribution in [3.05, 3.63) is 35.4 Å². The van der Waals surface area contributed by atoms with Gasteiger partial charge in [-0.1, -0.05) is 13.0 Å². The number of amides is 1. The lowest BCUT2D eigenvalue weighted by Crippen LogP contribution is -2.34. The van der Waals surface area contributed by atoms with E-state index in [1.165, 1.54) is 24.9 Å². The number of carboxylic acids is 1. The zero-order valence-electron chi connectivity index (χ0n) is 10.7. The number of carbonyl (C=O) groups excluding carboxylic acids is 1. The number of aliphatic carboxylic acids is 1. The van der Waals surface area contributed by atoms with E-state index in [1.54, 1.807) is 0 Å². The van der Waals surface area contributed by atoms with Crippen LogP contribution in [0.25, 0.3) is 0 Å². The molecule has 0 saturated carbocycles. The number of nitrogens with zero attached hydrogens (tertiary/aromatic N) is 1. The Morgan fingerprint density at radius 2 is 2.00 bits per heavy atom. The molecule has 0 saturated heterocycles. The molecule has 0 aliphatic heterocycles. The topological polar surface area (TPSA) is 57.6 Å². The van der Waals surface area contributed by atoms with Gasteiger partial charge in [0.25, 0.3) is 0 Å². The second kappa shape index (κ2) is 6.26. The van der Waals surface area contributed by atoms with Gasteiger partial charge in [0.2, 0.25) is 5.91 Å². The lowest BCUT2D eigenvalue weighted by atomic mass is 10.1. The molecule has 1 unspecified atom stereocenters. The summed E-state index contributed by atoms with van der Waals surface area (Å²) in [4.78, 5) is 23.7. The highest BCUT2D eigenvalue weighted by atomic mass is 19.1. The van der Waals surface area contributed by atoms with Crippen LogP contribution in [-0.2, 0) is 16.0 Å². The number of benzene rings is 1. The summed E-state index contributed by atoms with van der Waals surface area (Å²) < 4.78 is 26.1. The normalized spacial score (nSPS) is 12.0. The van der Waals surface area contributed by atoms with Gasteiger partial charge in [-0.2, -0.15) is 0 Å². The molecule has 1 amide bonds. The second-order valence-electron chi connectivity index (χ2n) is 4.43. The highest BCUT2D eigenvalue weighted by molar-refractivity contribution is 5.79. The van der Waals surface area contributed by atoms with Crippen molar-refractivity contribution in [2.75, 3.05) is 13.6 Å². The Labute approximate surface area is 109 Å². The van der Waals surface area contributed by atoms with E-state index in [0.717, 1.165) is 6.07 Å². The second-order valence-corrected chi connectivity index (χ2v) is 4.43. The monoisotopic (exact) mass is 271 g/mol. The van der Waals surface area contributed by atoms with Crippen molar-refractivity contribution in [1.82, 2.24) is 4.90 Å². The molecule has 4 nitrogen and oxygen atoms in total. The molecule has 1 atom stereocenters. The molecular formula is C13H15F2NO3. The van der Waals surface area contributed by atoms with Crippen LogP contribution in [0.15, 0.2) is 18.2 Å². The largest absolute Gasteiger partial charge is 0.481 e. The van der Waals surface area contributed by atoms with Gasteiger partial charge < -0.3 is 10.0 Å². The number of likely N-dealkylation sites (N-methyl/N-ethyl adjacent to an activating group) is 1. The Kier molecular flexibility index (Phi) is 4.97. The maximum atomic E-state index is 13.4. The minimum atomic E-state index is -1.01. The summed E-state index contributed by atoms with van der Waals surface area (Å²) in [6.07, 6.45) is -0.227. The van der Waals surface area contributed by atoms with Crippen LogP contribution in [0.5, 0.6) is 0 Å². The molecule has 0 bridgehead atoms. The van der Waals surface area contributed by atoms with Crippen molar-refractivity contribution in [3.8, 4) is 0 Å². The van der Waals surface area contributed by atoms with E-state index in [9.17, 15) is 18.4 Å². The summed E-state index contributed by atoms with van der Waals surface area (Å²) in [5.41, 5.74) is 0.0845. The summed E-state index contributed by atoms with van der Waals surface area (Å²) >= 11 is 0. The third-order valence-electron chi connectivity index (χ3n) is 2.75. The van der Waals surface area contributed by atoms with Crippen LogP contribution in [0.1, 0.15) is 12.5 Å². The fourth-order valence-corrected chi connectivity index (χ4v) is 1.55. The van der Waals surface area contributed by atoms with E-state index < -0.39 is 29.4 Å². The highest BCUT2D eigenvalue weighted by Crippen LogP contribution is 2.11. The van der Waals surface area contributed by atoms with E-state index >= 15 is 0 Å². The molecule has 6 heteroatoms. The number of hydrogen-bond acceptors (Lipinski definition) is 2. The molecule has 104 valence electrons. The van der Waals surface area contributed by atoms with E-state index in [-0.39, 0.29) is 18.5 Å². The molecule has 0 spiro atoms. The van der Waals surface area contributed by atoms with E-state index in [1.807, 2.05) is 0 Å². The third kappa shape index (κ3) is 4.31. The fourth-order valence-electron chi connectivity index (χ4n) is 1.55. The van der Waals surface area contributed by atoms with Gasteiger partial charge in [-0.3, -0.25) is 9.59 Å². The summed E-state index contributed by atoms with van der Waals surface area (Å²) in [5.74, 6) is -3.62. The smallest absolute Gasteiger partial charge is 0.308 e. The molecule has 0 aliphatic rings. The number of carboxylic acid groups (broad SMARTS) is 1. The molecule has 0 radical (unpaired) electrons. The maximum absolute atomic E-state index is 13.4. The van der Waals surface area contributed by atoms with E-state index in [2.05, 4.69) is 0 Å². The zero-order valence-corrected chi connectivity index (χ0v) is 10.7. The van der Waals surface area contributed by atoms with E-state index in [0.29, 0.717) is 6.07 Å². The van der Waals surface area contributed by atoms with Crippen molar-refractivity contribution >= 4 is 11.9 Å². The van der Waals surface area contributed by atoms with Gasteiger partial charge in [0, 0.05) is 19.7 Å². The first kappa shape index (κ1) is 15.1. The predicted octanol–water partition coefficient (Wildman–Crippen LogP) is 1.69. The molecule has 1 N–H and O–H groups in total. The van der Waals surface area contributed by atoms with Gasteiger partial charge in [-0.15, -0.1) is 0 Å². The molecule has 1 aromatic carbocycles. The number of rotatable bonds is 5. The highest BCUT2D eigenvalue weighted by Gasteiger charge is 2.18. The number of carbonyl (C=O) groups is 2. The number of halogens is 2. The maximum Gasteiger partial charge on any atom is 0.308 e. The molecule has 1 aromatic rings. The van der Waals surface area contributed by atoms with Gasteiger partial charge in [0.05, 0.1) is 12.3 Å². The van der Waals surface area contributed by atoms with Gasteiger partial charge >= 0.3 is 5.97 Å². The predicted molar refractivity (Wildman–Crippen MR) is 64.5 cm³/mol. The quantitative estimate of drug-likeness (QED) is 0.886. The fraction of sp³-hybridized carbons (Fsp3) is 0.385. The Morgan fingerprint density at radius 1 is 1.37 bits per heavy atom.